The first-order chi connectivity index (χ1) is 13.1. The first-order valence-electron chi connectivity index (χ1n) is 9.64. The van der Waals surface area contributed by atoms with Crippen LogP contribution in [0.5, 0.6) is 5.75 Å². The second-order valence-corrected chi connectivity index (χ2v) is 6.64. The fourth-order valence-corrected chi connectivity index (χ4v) is 3.07. The summed E-state index contributed by atoms with van der Waals surface area (Å²) in [4.78, 5) is 25.2. The topological polar surface area (TPSA) is 99.9 Å². The first kappa shape index (κ1) is 20.8. The minimum absolute atomic E-state index is 0.328. The van der Waals surface area contributed by atoms with Crippen molar-refractivity contribution in [2.45, 2.75) is 39.2 Å². The molecule has 8 nitrogen and oxygen atoms in total. The number of hydrogen-bond acceptors (Lipinski definition) is 4. The van der Waals surface area contributed by atoms with E-state index in [2.05, 4.69) is 27.8 Å². The number of nitrogens with one attached hydrogen (secondary N) is 2. The molecule has 0 atom stereocenters. The normalized spacial score (nSPS) is 14.4. The first-order valence-corrected chi connectivity index (χ1v) is 9.64. The van der Waals surface area contributed by atoms with Gasteiger partial charge < -0.3 is 15.8 Å². The van der Waals surface area contributed by atoms with Crippen LogP contribution >= 0.6 is 0 Å². The number of urea groups is 2. The maximum Gasteiger partial charge on any atom is 0.336 e. The molecule has 1 aromatic carbocycles. The highest BCUT2D eigenvalue weighted by atomic mass is 16.5. The average Bonchev–Trinajstić information content (AvgIpc) is 2.66. The molecule has 0 unspecified atom stereocenters. The molecule has 4 N–H and O–H groups in total. The number of ether oxygens (including phenoxy) is 1. The monoisotopic (exact) mass is 377 g/mol. The molecule has 0 saturated carbocycles. The molecule has 1 aliphatic rings. The Labute approximate surface area is 161 Å². The minimum atomic E-state index is -0.764. The molecular formula is C19H31N5O3. The second kappa shape index (κ2) is 11.3. The van der Waals surface area contributed by atoms with Crippen LogP contribution in [0.1, 0.15) is 38.2 Å². The Kier molecular flexibility index (Phi) is 8.70. The summed E-state index contributed by atoms with van der Waals surface area (Å²) in [7, 11) is 0. The number of piperidine rings is 1. The van der Waals surface area contributed by atoms with Gasteiger partial charge in [0.1, 0.15) is 5.75 Å². The van der Waals surface area contributed by atoms with Gasteiger partial charge in [-0.3, -0.25) is 4.90 Å². The van der Waals surface area contributed by atoms with Gasteiger partial charge in [-0.05, 0) is 57.0 Å². The predicted molar refractivity (Wildman–Crippen MR) is 104 cm³/mol. The highest BCUT2D eigenvalue weighted by molar-refractivity contribution is 5.79. The number of carbonyl (C=O) groups is 2. The quantitative estimate of drug-likeness (QED) is 0.477. The summed E-state index contributed by atoms with van der Waals surface area (Å²) in [6.07, 6.45) is 4.57. The minimum Gasteiger partial charge on any atom is -0.494 e. The van der Waals surface area contributed by atoms with Crippen LogP contribution in [0.4, 0.5) is 9.59 Å². The van der Waals surface area contributed by atoms with E-state index in [0.29, 0.717) is 26.1 Å². The van der Waals surface area contributed by atoms with E-state index in [1.165, 1.54) is 37.9 Å². The number of amides is 4. The van der Waals surface area contributed by atoms with Gasteiger partial charge in [0.2, 0.25) is 0 Å². The molecule has 0 aromatic heterocycles. The second-order valence-electron chi connectivity index (χ2n) is 6.64. The molecule has 150 valence electrons. The number of likely N-dealkylation sites (tertiary alicyclic amines) is 1. The summed E-state index contributed by atoms with van der Waals surface area (Å²) in [6, 6.07) is 7.04. The van der Waals surface area contributed by atoms with Gasteiger partial charge in [0.25, 0.3) is 0 Å². The fourth-order valence-electron chi connectivity index (χ4n) is 3.07. The van der Waals surface area contributed by atoms with E-state index in [-0.39, 0.29) is 6.03 Å². The Hall–Kier alpha value is -2.48. The lowest BCUT2D eigenvalue weighted by Gasteiger charge is -2.26. The van der Waals surface area contributed by atoms with Crippen molar-refractivity contribution in [3.05, 3.63) is 29.8 Å². The largest absolute Gasteiger partial charge is 0.494 e. The van der Waals surface area contributed by atoms with Gasteiger partial charge in [0.05, 0.1) is 6.61 Å². The summed E-state index contributed by atoms with van der Waals surface area (Å²) >= 11 is 0. The number of rotatable bonds is 8. The highest BCUT2D eigenvalue weighted by Crippen LogP contribution is 2.17. The van der Waals surface area contributed by atoms with E-state index in [9.17, 15) is 9.59 Å². The van der Waals surface area contributed by atoms with Gasteiger partial charge in [-0.1, -0.05) is 18.6 Å². The predicted octanol–water partition coefficient (Wildman–Crippen LogP) is 2.06. The number of hydrogen-bond donors (Lipinski definition) is 3. The van der Waals surface area contributed by atoms with Gasteiger partial charge in [-0.15, -0.1) is 0 Å². The van der Waals surface area contributed by atoms with E-state index in [1.54, 1.807) is 6.92 Å². The van der Waals surface area contributed by atoms with E-state index in [4.69, 9.17) is 10.5 Å². The smallest absolute Gasteiger partial charge is 0.336 e. The summed E-state index contributed by atoms with van der Waals surface area (Å²) in [5.74, 6) is 0.849. The van der Waals surface area contributed by atoms with Crippen molar-refractivity contribution in [2.24, 2.45) is 5.73 Å². The Morgan fingerprint density at radius 3 is 2.74 bits per heavy atom. The standard InChI is InChI=1S/C19H31N5O3/c1-2-24(22-18(20)25)19(26)21-10-7-13-27-17-9-6-8-16(14-17)15-23-11-4-3-5-12-23/h6,8-9,14H,2-5,7,10-13,15H2,1H3,(H,21,26)(H3,20,22,25). The van der Waals surface area contributed by atoms with Crippen molar-refractivity contribution in [3.8, 4) is 5.75 Å². The third kappa shape index (κ3) is 7.74. The summed E-state index contributed by atoms with van der Waals surface area (Å²) < 4.78 is 5.80. The van der Waals surface area contributed by atoms with Crippen LogP contribution in [-0.4, -0.2) is 54.8 Å². The molecule has 0 bridgehead atoms. The molecule has 0 radical (unpaired) electrons. The van der Waals surface area contributed by atoms with Crippen LogP contribution in [0, 0.1) is 0 Å². The lowest BCUT2D eigenvalue weighted by molar-refractivity contribution is 0.172. The van der Waals surface area contributed by atoms with Crippen LogP contribution in [0.2, 0.25) is 0 Å². The van der Waals surface area contributed by atoms with Gasteiger partial charge in [0, 0.05) is 19.6 Å². The molecule has 1 saturated heterocycles. The highest BCUT2D eigenvalue weighted by Gasteiger charge is 2.12. The van der Waals surface area contributed by atoms with Crippen LogP contribution < -0.4 is 21.2 Å². The fraction of sp³-hybridized carbons (Fsp3) is 0.579. The third-order valence-corrected chi connectivity index (χ3v) is 4.43. The molecule has 0 aliphatic carbocycles. The van der Waals surface area contributed by atoms with Crippen LogP contribution in [0.15, 0.2) is 24.3 Å². The molecule has 1 aliphatic heterocycles. The Balaban J connectivity index is 1.67. The Morgan fingerprint density at radius 2 is 2.04 bits per heavy atom. The molecule has 1 fully saturated rings. The van der Waals surface area contributed by atoms with Crippen LogP contribution in [-0.2, 0) is 6.54 Å². The van der Waals surface area contributed by atoms with Gasteiger partial charge in [-0.2, -0.15) is 0 Å². The molecule has 4 amide bonds. The number of nitrogens with zero attached hydrogens (tertiary/aromatic N) is 2. The third-order valence-electron chi connectivity index (χ3n) is 4.43. The van der Waals surface area contributed by atoms with Crippen molar-refractivity contribution in [3.63, 3.8) is 0 Å². The van der Waals surface area contributed by atoms with Gasteiger partial charge in [0.15, 0.2) is 0 Å². The average molecular weight is 377 g/mol. The number of benzene rings is 1. The van der Waals surface area contributed by atoms with E-state index in [0.717, 1.165) is 17.3 Å². The lowest BCUT2D eigenvalue weighted by atomic mass is 10.1. The summed E-state index contributed by atoms with van der Waals surface area (Å²) in [6.45, 7) is 6.33. The number of carbonyl (C=O) groups excluding carboxylic acids is 2. The summed E-state index contributed by atoms with van der Waals surface area (Å²) in [5, 5.41) is 3.85. The maximum absolute atomic E-state index is 11.9. The molecule has 2 rings (SSSR count). The maximum atomic E-state index is 11.9. The van der Waals surface area contributed by atoms with Crippen LogP contribution in [0.25, 0.3) is 0 Å². The Bertz CT molecular complexity index is 605. The zero-order chi connectivity index (χ0) is 19.5. The summed E-state index contributed by atoms with van der Waals surface area (Å²) in [5.41, 5.74) is 8.55. The molecular weight excluding hydrogens is 346 g/mol. The van der Waals surface area contributed by atoms with Crippen molar-refractivity contribution < 1.29 is 14.3 Å². The molecule has 8 heteroatoms. The lowest BCUT2D eigenvalue weighted by Crippen LogP contribution is -2.52. The molecule has 27 heavy (non-hydrogen) atoms. The molecule has 0 spiro atoms. The number of primary amides is 1. The molecule has 1 heterocycles. The van der Waals surface area contributed by atoms with Crippen molar-refractivity contribution in [1.82, 2.24) is 20.7 Å². The van der Waals surface area contributed by atoms with Crippen molar-refractivity contribution in [1.29, 1.82) is 0 Å². The zero-order valence-corrected chi connectivity index (χ0v) is 16.1. The zero-order valence-electron chi connectivity index (χ0n) is 16.1. The van der Waals surface area contributed by atoms with E-state index in [1.807, 2.05) is 12.1 Å². The van der Waals surface area contributed by atoms with E-state index < -0.39 is 6.03 Å². The van der Waals surface area contributed by atoms with E-state index >= 15 is 0 Å². The van der Waals surface area contributed by atoms with Gasteiger partial charge >= 0.3 is 12.1 Å². The SMILES string of the molecule is CCN(NC(N)=O)C(=O)NCCCOc1cccc(CN2CCCCC2)c1. The van der Waals surface area contributed by atoms with Crippen molar-refractivity contribution >= 4 is 12.1 Å². The Morgan fingerprint density at radius 1 is 1.26 bits per heavy atom. The molecule has 1 aromatic rings. The number of nitrogens with two attached hydrogens (primary N) is 1. The number of hydrazine groups is 1. The van der Waals surface area contributed by atoms with Gasteiger partial charge in [-0.25, -0.2) is 20.0 Å². The van der Waals surface area contributed by atoms with Crippen LogP contribution in [0.3, 0.4) is 0 Å². The van der Waals surface area contributed by atoms with Crippen molar-refractivity contribution in [2.75, 3.05) is 32.8 Å².